The van der Waals surface area contributed by atoms with Crippen molar-refractivity contribution >= 4 is 5.91 Å². The molecule has 2 heteroatoms. The van der Waals surface area contributed by atoms with Crippen LogP contribution in [0.5, 0.6) is 0 Å². The Morgan fingerprint density at radius 2 is 1.65 bits per heavy atom. The number of fused-ring (bicyclic) bond motifs is 1. The zero-order chi connectivity index (χ0) is 13.8. The molecule has 1 amide bonds. The molecule has 0 bridgehead atoms. The molecule has 98 valence electrons. The van der Waals surface area contributed by atoms with Crippen LogP contribution in [0.3, 0.4) is 0 Å². The van der Waals surface area contributed by atoms with Crippen molar-refractivity contribution in [1.29, 1.82) is 0 Å². The van der Waals surface area contributed by atoms with Crippen LogP contribution in [0.15, 0.2) is 54.6 Å². The predicted molar refractivity (Wildman–Crippen MR) is 78.9 cm³/mol. The fourth-order valence-corrected chi connectivity index (χ4v) is 2.40. The van der Waals surface area contributed by atoms with Gasteiger partial charge >= 0.3 is 0 Å². The molecular weight excluding hydrogens is 246 g/mol. The van der Waals surface area contributed by atoms with Gasteiger partial charge in [0.05, 0.1) is 0 Å². The minimum Gasteiger partial charge on any atom is -0.327 e. The third-order valence-corrected chi connectivity index (χ3v) is 3.51. The fourth-order valence-electron chi connectivity index (χ4n) is 2.40. The molecule has 1 heterocycles. The van der Waals surface area contributed by atoms with Gasteiger partial charge in [-0.25, -0.2) is 0 Å². The van der Waals surface area contributed by atoms with E-state index in [0.29, 0.717) is 6.54 Å². The summed E-state index contributed by atoms with van der Waals surface area (Å²) < 4.78 is 0. The van der Waals surface area contributed by atoms with Crippen molar-refractivity contribution in [2.75, 3.05) is 6.54 Å². The SMILES string of the molecule is O=C(C#Cc1ccccc1)N1CCc2ccccc2C1. The van der Waals surface area contributed by atoms with Crippen molar-refractivity contribution in [3.8, 4) is 11.8 Å². The first-order valence-corrected chi connectivity index (χ1v) is 6.76. The lowest BCUT2D eigenvalue weighted by Crippen LogP contribution is -2.35. The number of nitrogens with zero attached hydrogens (tertiary/aromatic N) is 1. The number of benzene rings is 2. The number of hydrogen-bond acceptors (Lipinski definition) is 1. The lowest BCUT2D eigenvalue weighted by Gasteiger charge is -2.27. The second-order valence-electron chi connectivity index (χ2n) is 4.86. The van der Waals surface area contributed by atoms with Gasteiger partial charge in [-0.15, -0.1) is 0 Å². The molecule has 0 spiro atoms. The Morgan fingerprint density at radius 1 is 0.950 bits per heavy atom. The summed E-state index contributed by atoms with van der Waals surface area (Å²) in [5, 5.41) is 0. The number of amides is 1. The molecule has 3 rings (SSSR count). The van der Waals surface area contributed by atoms with Gasteiger partial charge in [0, 0.05) is 24.6 Å². The van der Waals surface area contributed by atoms with Crippen molar-refractivity contribution in [2.45, 2.75) is 13.0 Å². The summed E-state index contributed by atoms with van der Waals surface area (Å²) in [6.07, 6.45) is 0.912. The summed E-state index contributed by atoms with van der Waals surface area (Å²) in [5.41, 5.74) is 3.44. The van der Waals surface area contributed by atoms with Crippen LogP contribution >= 0.6 is 0 Å². The first-order valence-electron chi connectivity index (χ1n) is 6.76. The topological polar surface area (TPSA) is 20.3 Å². The van der Waals surface area contributed by atoms with E-state index >= 15 is 0 Å². The molecule has 1 aliphatic heterocycles. The van der Waals surface area contributed by atoms with Crippen LogP contribution in [0.1, 0.15) is 16.7 Å². The van der Waals surface area contributed by atoms with Gasteiger partial charge in [0.2, 0.25) is 0 Å². The van der Waals surface area contributed by atoms with E-state index in [0.717, 1.165) is 18.5 Å². The third kappa shape index (κ3) is 2.73. The molecule has 20 heavy (non-hydrogen) atoms. The molecular formula is C18H15NO. The maximum absolute atomic E-state index is 12.1. The Bertz CT molecular complexity index is 679. The Labute approximate surface area is 119 Å². The van der Waals surface area contributed by atoms with E-state index in [1.807, 2.05) is 47.4 Å². The number of hydrogen-bond donors (Lipinski definition) is 0. The van der Waals surface area contributed by atoms with E-state index in [-0.39, 0.29) is 5.91 Å². The lowest BCUT2D eigenvalue weighted by molar-refractivity contribution is -0.125. The van der Waals surface area contributed by atoms with Crippen LogP contribution in [-0.2, 0) is 17.8 Å². The second kappa shape index (κ2) is 5.63. The predicted octanol–water partition coefficient (Wildman–Crippen LogP) is 2.62. The first kappa shape index (κ1) is 12.5. The highest BCUT2D eigenvalue weighted by Crippen LogP contribution is 2.18. The van der Waals surface area contributed by atoms with Gasteiger partial charge in [0.1, 0.15) is 0 Å². The maximum atomic E-state index is 12.1. The highest BCUT2D eigenvalue weighted by molar-refractivity contribution is 5.94. The summed E-state index contributed by atoms with van der Waals surface area (Å²) in [6.45, 7) is 1.41. The van der Waals surface area contributed by atoms with Gasteiger partial charge in [-0.3, -0.25) is 4.79 Å². The Hall–Kier alpha value is -2.53. The summed E-state index contributed by atoms with van der Waals surface area (Å²) in [5.74, 6) is 5.57. The average Bonchev–Trinajstić information content (AvgIpc) is 2.53. The van der Waals surface area contributed by atoms with E-state index in [9.17, 15) is 4.79 Å². The van der Waals surface area contributed by atoms with E-state index < -0.39 is 0 Å². The van der Waals surface area contributed by atoms with Crippen LogP contribution in [0.25, 0.3) is 0 Å². The Morgan fingerprint density at radius 3 is 2.45 bits per heavy atom. The van der Waals surface area contributed by atoms with Crippen molar-refractivity contribution in [2.24, 2.45) is 0 Å². The van der Waals surface area contributed by atoms with E-state index in [1.165, 1.54) is 11.1 Å². The molecule has 0 fully saturated rings. The van der Waals surface area contributed by atoms with Crippen LogP contribution < -0.4 is 0 Å². The minimum absolute atomic E-state index is 0.0941. The summed E-state index contributed by atoms with van der Waals surface area (Å²) in [4.78, 5) is 14.0. The molecule has 0 unspecified atom stereocenters. The van der Waals surface area contributed by atoms with Crippen molar-refractivity contribution in [3.05, 3.63) is 71.3 Å². The van der Waals surface area contributed by atoms with E-state index in [1.54, 1.807) is 0 Å². The average molecular weight is 261 g/mol. The summed E-state index contributed by atoms with van der Waals surface area (Å²) >= 11 is 0. The molecule has 0 aliphatic carbocycles. The number of carbonyl (C=O) groups is 1. The molecule has 0 N–H and O–H groups in total. The molecule has 0 saturated carbocycles. The monoisotopic (exact) mass is 261 g/mol. The maximum Gasteiger partial charge on any atom is 0.299 e. The Balaban J connectivity index is 1.72. The van der Waals surface area contributed by atoms with Gasteiger partial charge in [0.15, 0.2) is 0 Å². The van der Waals surface area contributed by atoms with Crippen LogP contribution in [0.2, 0.25) is 0 Å². The number of rotatable bonds is 0. The zero-order valence-corrected chi connectivity index (χ0v) is 11.2. The summed E-state index contributed by atoms with van der Waals surface area (Å²) in [6, 6.07) is 17.9. The smallest absolute Gasteiger partial charge is 0.299 e. The molecule has 0 atom stereocenters. The van der Waals surface area contributed by atoms with Gasteiger partial charge < -0.3 is 4.90 Å². The third-order valence-electron chi connectivity index (χ3n) is 3.51. The fraction of sp³-hybridized carbons (Fsp3) is 0.167. The second-order valence-corrected chi connectivity index (χ2v) is 4.86. The molecule has 2 aromatic rings. The molecule has 0 aromatic heterocycles. The lowest BCUT2D eigenvalue weighted by atomic mass is 10.00. The number of carbonyl (C=O) groups excluding carboxylic acids is 1. The van der Waals surface area contributed by atoms with E-state index in [2.05, 4.69) is 24.0 Å². The largest absolute Gasteiger partial charge is 0.327 e. The van der Waals surface area contributed by atoms with Crippen LogP contribution in [0.4, 0.5) is 0 Å². The van der Waals surface area contributed by atoms with Gasteiger partial charge in [0.25, 0.3) is 5.91 Å². The van der Waals surface area contributed by atoms with Gasteiger partial charge in [-0.05, 0) is 29.7 Å². The normalized spacial score (nSPS) is 13.1. The molecule has 0 radical (unpaired) electrons. The van der Waals surface area contributed by atoms with Gasteiger partial charge in [-0.2, -0.15) is 0 Å². The zero-order valence-electron chi connectivity index (χ0n) is 11.2. The van der Waals surface area contributed by atoms with E-state index in [4.69, 9.17) is 0 Å². The Kier molecular flexibility index (Phi) is 3.52. The molecule has 0 saturated heterocycles. The summed E-state index contributed by atoms with van der Waals surface area (Å²) in [7, 11) is 0. The molecule has 2 aromatic carbocycles. The highest BCUT2D eigenvalue weighted by atomic mass is 16.2. The quantitative estimate of drug-likeness (QED) is 0.668. The minimum atomic E-state index is -0.0941. The highest BCUT2D eigenvalue weighted by Gasteiger charge is 2.18. The van der Waals surface area contributed by atoms with Crippen molar-refractivity contribution in [3.63, 3.8) is 0 Å². The molecule has 1 aliphatic rings. The first-order chi connectivity index (χ1) is 9.83. The molecule has 2 nitrogen and oxygen atoms in total. The standard InChI is InChI=1S/C18H15NO/c20-18(11-10-15-6-2-1-3-7-15)19-13-12-16-8-4-5-9-17(16)14-19/h1-9H,12-14H2. The van der Waals surface area contributed by atoms with Crippen LogP contribution in [0, 0.1) is 11.8 Å². The van der Waals surface area contributed by atoms with Crippen molar-refractivity contribution < 1.29 is 4.79 Å². The van der Waals surface area contributed by atoms with Crippen LogP contribution in [-0.4, -0.2) is 17.4 Å². The van der Waals surface area contributed by atoms with Crippen molar-refractivity contribution in [1.82, 2.24) is 4.90 Å². The van der Waals surface area contributed by atoms with Gasteiger partial charge in [-0.1, -0.05) is 48.4 Å².